The van der Waals surface area contributed by atoms with Crippen LogP contribution in [0.25, 0.3) is 12.2 Å². The normalized spacial score (nSPS) is 10.7. The summed E-state index contributed by atoms with van der Waals surface area (Å²) in [5.74, 6) is -0.0961. The topological polar surface area (TPSA) is 68.2 Å². The molecular weight excluding hydrogens is 284 g/mol. The van der Waals surface area contributed by atoms with Crippen LogP contribution in [0.3, 0.4) is 0 Å². The zero-order valence-corrected chi connectivity index (χ0v) is 12.7. The van der Waals surface area contributed by atoms with E-state index in [1.165, 1.54) is 21.3 Å². The fourth-order valence-electron chi connectivity index (χ4n) is 2.14. The molecule has 0 spiro atoms. The molecule has 116 valence electrons. The Hall–Kier alpha value is -2.82. The molecule has 0 radical (unpaired) electrons. The molecule has 5 heteroatoms. The highest BCUT2D eigenvalue weighted by atomic mass is 16.5. The first-order valence-electron chi connectivity index (χ1n) is 6.61. The van der Waals surface area contributed by atoms with E-state index in [4.69, 9.17) is 14.2 Å². The Balaban J connectivity index is 2.58. The molecule has 0 aliphatic heterocycles. The molecule has 0 unspecified atom stereocenters. The van der Waals surface area contributed by atoms with Gasteiger partial charge < -0.3 is 24.4 Å². The van der Waals surface area contributed by atoms with E-state index in [0.717, 1.165) is 5.56 Å². The van der Waals surface area contributed by atoms with Crippen molar-refractivity contribution in [3.05, 3.63) is 41.5 Å². The number of phenols is 2. The van der Waals surface area contributed by atoms with E-state index >= 15 is 0 Å². The van der Waals surface area contributed by atoms with Gasteiger partial charge in [0.25, 0.3) is 0 Å². The van der Waals surface area contributed by atoms with Crippen molar-refractivity contribution in [2.24, 2.45) is 0 Å². The van der Waals surface area contributed by atoms with Gasteiger partial charge in [0.05, 0.1) is 26.9 Å². The third kappa shape index (κ3) is 2.79. The third-order valence-electron chi connectivity index (χ3n) is 3.21. The van der Waals surface area contributed by atoms with Crippen LogP contribution in [0.4, 0.5) is 0 Å². The number of hydrogen-bond donors (Lipinski definition) is 2. The summed E-state index contributed by atoms with van der Waals surface area (Å²) in [6.07, 6.45) is 3.35. The van der Waals surface area contributed by atoms with E-state index in [9.17, 15) is 10.2 Å². The molecule has 0 saturated heterocycles. The molecule has 0 atom stereocenters. The van der Waals surface area contributed by atoms with Gasteiger partial charge in [-0.3, -0.25) is 0 Å². The molecule has 2 N–H and O–H groups in total. The summed E-state index contributed by atoms with van der Waals surface area (Å²) in [4.78, 5) is 0. The summed E-state index contributed by atoms with van der Waals surface area (Å²) in [5.41, 5.74) is 1.12. The van der Waals surface area contributed by atoms with Gasteiger partial charge >= 0.3 is 0 Å². The summed E-state index contributed by atoms with van der Waals surface area (Å²) < 4.78 is 15.5. The first-order valence-corrected chi connectivity index (χ1v) is 6.61. The van der Waals surface area contributed by atoms with Crippen molar-refractivity contribution in [2.75, 3.05) is 21.3 Å². The number of benzene rings is 2. The Morgan fingerprint density at radius 1 is 0.727 bits per heavy atom. The van der Waals surface area contributed by atoms with Crippen LogP contribution in [0, 0.1) is 0 Å². The molecule has 0 heterocycles. The van der Waals surface area contributed by atoms with Crippen molar-refractivity contribution >= 4 is 12.2 Å². The predicted molar refractivity (Wildman–Crippen MR) is 84.8 cm³/mol. The molecule has 0 fully saturated rings. The summed E-state index contributed by atoms with van der Waals surface area (Å²) in [6, 6.07) is 9.51. The maximum absolute atomic E-state index is 10.3. The fraction of sp³-hybridized carbons (Fsp3) is 0.176. The molecule has 0 saturated carbocycles. The lowest BCUT2D eigenvalue weighted by molar-refractivity contribution is 0.298. The monoisotopic (exact) mass is 302 g/mol. The van der Waals surface area contributed by atoms with Crippen LogP contribution in [0.15, 0.2) is 30.3 Å². The Kier molecular flexibility index (Phi) is 4.78. The number of ether oxygens (including phenoxy) is 3. The molecule has 0 amide bonds. The second kappa shape index (κ2) is 6.76. The second-order valence-corrected chi connectivity index (χ2v) is 4.45. The number of phenolic OH excluding ortho intramolecular Hbond substituents is 2. The summed E-state index contributed by atoms with van der Waals surface area (Å²) in [5, 5.41) is 20.6. The number of aromatic hydroxyl groups is 2. The standard InChI is InChI=1S/C17H18O5/c1-20-15-13(18)12(10-9-11-7-5-4-6-8-11)14(19)16(21-2)17(15)22-3/h4-10,18-19H,1-3H3. The van der Waals surface area contributed by atoms with Gasteiger partial charge in [0.1, 0.15) is 0 Å². The summed E-state index contributed by atoms with van der Waals surface area (Å²) in [7, 11) is 4.20. The van der Waals surface area contributed by atoms with Gasteiger partial charge in [0, 0.05) is 0 Å². The van der Waals surface area contributed by atoms with Gasteiger partial charge in [-0.25, -0.2) is 0 Å². The van der Waals surface area contributed by atoms with E-state index in [-0.39, 0.29) is 34.3 Å². The number of methoxy groups -OCH3 is 3. The summed E-state index contributed by atoms with van der Waals surface area (Å²) in [6.45, 7) is 0. The number of rotatable bonds is 5. The summed E-state index contributed by atoms with van der Waals surface area (Å²) >= 11 is 0. The Bertz CT molecular complexity index is 646. The average molecular weight is 302 g/mol. The van der Waals surface area contributed by atoms with Gasteiger partial charge in [-0.2, -0.15) is 0 Å². The molecule has 22 heavy (non-hydrogen) atoms. The quantitative estimate of drug-likeness (QED) is 0.829. The Morgan fingerprint density at radius 3 is 1.68 bits per heavy atom. The van der Waals surface area contributed by atoms with Crippen molar-refractivity contribution in [3.8, 4) is 28.7 Å². The van der Waals surface area contributed by atoms with Gasteiger partial charge in [-0.1, -0.05) is 36.4 Å². The van der Waals surface area contributed by atoms with Gasteiger partial charge in [0.2, 0.25) is 17.2 Å². The molecule has 0 bridgehead atoms. The van der Waals surface area contributed by atoms with Crippen LogP contribution in [-0.2, 0) is 0 Å². The van der Waals surface area contributed by atoms with Crippen molar-refractivity contribution in [2.45, 2.75) is 0 Å². The minimum absolute atomic E-state index is 0.102. The van der Waals surface area contributed by atoms with Crippen molar-refractivity contribution in [3.63, 3.8) is 0 Å². The lowest BCUT2D eigenvalue weighted by atomic mass is 10.1. The van der Waals surface area contributed by atoms with Gasteiger partial charge in [-0.15, -0.1) is 0 Å². The van der Waals surface area contributed by atoms with Crippen LogP contribution in [0.1, 0.15) is 11.1 Å². The molecule has 0 aliphatic rings. The van der Waals surface area contributed by atoms with Crippen LogP contribution in [-0.4, -0.2) is 31.5 Å². The molecule has 5 nitrogen and oxygen atoms in total. The van der Waals surface area contributed by atoms with E-state index in [0.29, 0.717) is 0 Å². The van der Waals surface area contributed by atoms with Gasteiger partial charge in [0.15, 0.2) is 11.5 Å². The molecule has 2 aromatic rings. The smallest absolute Gasteiger partial charge is 0.211 e. The van der Waals surface area contributed by atoms with Crippen molar-refractivity contribution in [1.82, 2.24) is 0 Å². The minimum atomic E-state index is -0.218. The minimum Gasteiger partial charge on any atom is -0.504 e. The first kappa shape index (κ1) is 15.6. The highest BCUT2D eigenvalue weighted by molar-refractivity contribution is 5.82. The zero-order valence-electron chi connectivity index (χ0n) is 12.7. The fourth-order valence-corrected chi connectivity index (χ4v) is 2.14. The molecule has 0 aliphatic carbocycles. The van der Waals surface area contributed by atoms with E-state index in [1.54, 1.807) is 12.2 Å². The highest BCUT2D eigenvalue weighted by Crippen LogP contribution is 2.52. The van der Waals surface area contributed by atoms with E-state index in [2.05, 4.69) is 0 Å². The third-order valence-corrected chi connectivity index (χ3v) is 3.21. The molecule has 2 rings (SSSR count). The lowest BCUT2D eigenvalue weighted by Crippen LogP contribution is -1.97. The van der Waals surface area contributed by atoms with E-state index < -0.39 is 0 Å². The Labute approximate surface area is 129 Å². The second-order valence-electron chi connectivity index (χ2n) is 4.45. The first-order chi connectivity index (χ1) is 10.6. The molecular formula is C17H18O5. The van der Waals surface area contributed by atoms with E-state index in [1.807, 2.05) is 30.3 Å². The predicted octanol–water partition coefficient (Wildman–Crippen LogP) is 3.29. The van der Waals surface area contributed by atoms with Crippen LogP contribution >= 0.6 is 0 Å². The zero-order chi connectivity index (χ0) is 16.1. The average Bonchev–Trinajstić information content (AvgIpc) is 2.55. The molecule has 2 aromatic carbocycles. The highest BCUT2D eigenvalue weighted by Gasteiger charge is 2.25. The molecule has 0 aromatic heterocycles. The largest absolute Gasteiger partial charge is 0.504 e. The maximum atomic E-state index is 10.3. The van der Waals surface area contributed by atoms with Crippen molar-refractivity contribution in [1.29, 1.82) is 0 Å². The maximum Gasteiger partial charge on any atom is 0.211 e. The lowest BCUT2D eigenvalue weighted by Gasteiger charge is -2.17. The number of hydrogen-bond acceptors (Lipinski definition) is 5. The Morgan fingerprint density at radius 2 is 1.23 bits per heavy atom. The van der Waals surface area contributed by atoms with Crippen molar-refractivity contribution < 1.29 is 24.4 Å². The van der Waals surface area contributed by atoms with Crippen LogP contribution in [0.5, 0.6) is 28.7 Å². The van der Waals surface area contributed by atoms with Crippen LogP contribution < -0.4 is 14.2 Å². The van der Waals surface area contributed by atoms with Crippen LogP contribution in [0.2, 0.25) is 0 Å². The van der Waals surface area contributed by atoms with Gasteiger partial charge in [-0.05, 0) is 11.6 Å². The SMILES string of the molecule is COc1c(O)c(C=Cc2ccccc2)c(O)c(OC)c1OC.